The number of allylic oxidation sites excluding steroid dienone is 6. The fourth-order valence-electron chi connectivity index (χ4n) is 1.87. The van der Waals surface area contributed by atoms with E-state index in [0.717, 1.165) is 12.8 Å². The molecule has 1 aliphatic carbocycles. The SMILES string of the molecule is C=CCC1=CCCC(CC=C)=CCC1. The highest BCUT2D eigenvalue weighted by Crippen LogP contribution is 2.21. The van der Waals surface area contributed by atoms with Gasteiger partial charge in [-0.15, -0.1) is 13.2 Å². The van der Waals surface area contributed by atoms with Crippen LogP contribution in [0.3, 0.4) is 0 Å². The summed E-state index contributed by atoms with van der Waals surface area (Å²) in [5.74, 6) is 0. The topological polar surface area (TPSA) is 0 Å². The fourth-order valence-corrected chi connectivity index (χ4v) is 1.87. The van der Waals surface area contributed by atoms with Gasteiger partial charge >= 0.3 is 0 Å². The zero-order chi connectivity index (χ0) is 10.2. The molecular formula is C14H20. The van der Waals surface area contributed by atoms with Gasteiger partial charge in [-0.05, 0) is 38.5 Å². The third-order valence-corrected chi connectivity index (χ3v) is 2.61. The van der Waals surface area contributed by atoms with Crippen LogP contribution in [0.15, 0.2) is 48.6 Å². The molecule has 14 heavy (non-hydrogen) atoms. The van der Waals surface area contributed by atoms with Gasteiger partial charge in [0.2, 0.25) is 0 Å². The van der Waals surface area contributed by atoms with Crippen molar-refractivity contribution in [1.82, 2.24) is 0 Å². The molecule has 0 spiro atoms. The minimum atomic E-state index is 1.06. The van der Waals surface area contributed by atoms with Crippen molar-refractivity contribution in [1.29, 1.82) is 0 Å². The Bertz CT molecular complexity index is 225. The maximum absolute atomic E-state index is 3.78. The Morgan fingerprint density at radius 3 is 1.71 bits per heavy atom. The Kier molecular flexibility index (Phi) is 5.06. The summed E-state index contributed by atoms with van der Waals surface area (Å²) < 4.78 is 0. The van der Waals surface area contributed by atoms with Crippen LogP contribution in [0.5, 0.6) is 0 Å². The first kappa shape index (κ1) is 11.0. The lowest BCUT2D eigenvalue weighted by Gasteiger charge is -2.10. The van der Waals surface area contributed by atoms with Crippen molar-refractivity contribution in [3.63, 3.8) is 0 Å². The second-order valence-corrected chi connectivity index (χ2v) is 3.79. The van der Waals surface area contributed by atoms with Gasteiger partial charge in [0.25, 0.3) is 0 Å². The lowest BCUT2D eigenvalue weighted by atomic mass is 9.96. The zero-order valence-corrected chi connectivity index (χ0v) is 8.97. The van der Waals surface area contributed by atoms with Gasteiger partial charge in [0.15, 0.2) is 0 Å². The normalized spacial score (nSPS) is 17.4. The second kappa shape index (κ2) is 6.42. The zero-order valence-electron chi connectivity index (χ0n) is 8.97. The Labute approximate surface area is 87.7 Å². The van der Waals surface area contributed by atoms with E-state index in [-0.39, 0.29) is 0 Å². The van der Waals surface area contributed by atoms with Gasteiger partial charge in [0.05, 0.1) is 0 Å². The molecule has 0 N–H and O–H groups in total. The smallest absolute Gasteiger partial charge is 0.0141 e. The van der Waals surface area contributed by atoms with Crippen LogP contribution in [0.4, 0.5) is 0 Å². The largest absolute Gasteiger partial charge is 0.103 e. The van der Waals surface area contributed by atoms with E-state index >= 15 is 0 Å². The van der Waals surface area contributed by atoms with Crippen LogP contribution in [0, 0.1) is 0 Å². The van der Waals surface area contributed by atoms with E-state index in [9.17, 15) is 0 Å². The molecule has 0 aromatic carbocycles. The van der Waals surface area contributed by atoms with Gasteiger partial charge in [0, 0.05) is 0 Å². The summed E-state index contributed by atoms with van der Waals surface area (Å²) >= 11 is 0. The van der Waals surface area contributed by atoms with Gasteiger partial charge in [-0.1, -0.05) is 35.5 Å². The van der Waals surface area contributed by atoms with Crippen LogP contribution in [0.2, 0.25) is 0 Å². The third-order valence-electron chi connectivity index (χ3n) is 2.61. The van der Waals surface area contributed by atoms with E-state index in [1.165, 1.54) is 25.7 Å². The molecule has 1 aliphatic rings. The van der Waals surface area contributed by atoms with E-state index in [1.54, 1.807) is 11.1 Å². The first-order chi connectivity index (χ1) is 6.86. The lowest BCUT2D eigenvalue weighted by molar-refractivity contribution is 0.841. The average Bonchev–Trinajstić information content (AvgIpc) is 2.13. The van der Waals surface area contributed by atoms with Crippen molar-refractivity contribution in [3.8, 4) is 0 Å². The Balaban J connectivity index is 2.47. The predicted molar refractivity (Wildman–Crippen MR) is 64.3 cm³/mol. The number of hydrogen-bond donors (Lipinski definition) is 0. The van der Waals surface area contributed by atoms with Gasteiger partial charge in [-0.2, -0.15) is 0 Å². The van der Waals surface area contributed by atoms with Crippen LogP contribution in [0.25, 0.3) is 0 Å². The first-order valence-corrected chi connectivity index (χ1v) is 5.44. The molecule has 0 aliphatic heterocycles. The fraction of sp³-hybridized carbons (Fsp3) is 0.429. The highest BCUT2D eigenvalue weighted by atomic mass is 14.1. The summed E-state index contributed by atoms with van der Waals surface area (Å²) in [6.07, 6.45) is 15.7. The molecule has 0 unspecified atom stereocenters. The maximum atomic E-state index is 3.78. The summed E-state index contributed by atoms with van der Waals surface area (Å²) in [4.78, 5) is 0. The minimum Gasteiger partial charge on any atom is -0.103 e. The van der Waals surface area contributed by atoms with Gasteiger partial charge in [-0.3, -0.25) is 0 Å². The number of hydrogen-bond acceptors (Lipinski definition) is 0. The first-order valence-electron chi connectivity index (χ1n) is 5.44. The summed E-state index contributed by atoms with van der Waals surface area (Å²) in [7, 11) is 0. The van der Waals surface area contributed by atoms with Crippen molar-refractivity contribution in [3.05, 3.63) is 48.6 Å². The van der Waals surface area contributed by atoms with Crippen molar-refractivity contribution in [2.24, 2.45) is 0 Å². The molecule has 0 fully saturated rings. The monoisotopic (exact) mass is 188 g/mol. The van der Waals surface area contributed by atoms with Crippen molar-refractivity contribution in [2.75, 3.05) is 0 Å². The molecule has 0 saturated carbocycles. The van der Waals surface area contributed by atoms with Crippen LogP contribution >= 0.6 is 0 Å². The Hall–Kier alpha value is -1.04. The molecular weight excluding hydrogens is 168 g/mol. The summed E-state index contributed by atoms with van der Waals surface area (Å²) in [6, 6.07) is 0. The third kappa shape index (κ3) is 3.78. The average molecular weight is 188 g/mol. The van der Waals surface area contributed by atoms with Crippen molar-refractivity contribution in [2.45, 2.75) is 38.5 Å². The van der Waals surface area contributed by atoms with Crippen LogP contribution in [0.1, 0.15) is 38.5 Å². The van der Waals surface area contributed by atoms with E-state index < -0.39 is 0 Å². The molecule has 0 radical (unpaired) electrons. The summed E-state index contributed by atoms with van der Waals surface area (Å²) in [5.41, 5.74) is 3.10. The molecule has 0 heterocycles. The summed E-state index contributed by atoms with van der Waals surface area (Å²) in [6.45, 7) is 7.57. The molecule has 76 valence electrons. The highest BCUT2D eigenvalue weighted by Gasteiger charge is 2.01. The molecule has 1 rings (SSSR count). The molecule has 0 bridgehead atoms. The molecule has 0 nitrogen and oxygen atoms in total. The van der Waals surface area contributed by atoms with Crippen molar-refractivity contribution >= 4 is 0 Å². The summed E-state index contributed by atoms with van der Waals surface area (Å²) in [5, 5.41) is 0. The molecule has 0 heteroatoms. The van der Waals surface area contributed by atoms with Gasteiger partial charge < -0.3 is 0 Å². The highest BCUT2D eigenvalue weighted by molar-refractivity contribution is 5.15. The van der Waals surface area contributed by atoms with Crippen LogP contribution in [-0.2, 0) is 0 Å². The molecule has 0 atom stereocenters. The minimum absolute atomic E-state index is 1.06. The number of rotatable bonds is 4. The molecule has 0 aromatic rings. The van der Waals surface area contributed by atoms with Crippen LogP contribution < -0.4 is 0 Å². The maximum Gasteiger partial charge on any atom is -0.0141 e. The second-order valence-electron chi connectivity index (χ2n) is 3.79. The lowest BCUT2D eigenvalue weighted by Crippen LogP contribution is -1.90. The van der Waals surface area contributed by atoms with E-state index in [4.69, 9.17) is 0 Å². The predicted octanol–water partition coefficient (Wildman–Crippen LogP) is 4.57. The van der Waals surface area contributed by atoms with Gasteiger partial charge in [-0.25, -0.2) is 0 Å². The van der Waals surface area contributed by atoms with Crippen molar-refractivity contribution < 1.29 is 0 Å². The Morgan fingerprint density at radius 2 is 1.36 bits per heavy atom. The van der Waals surface area contributed by atoms with E-state index in [1.807, 2.05) is 12.2 Å². The molecule has 0 amide bonds. The van der Waals surface area contributed by atoms with E-state index in [2.05, 4.69) is 25.3 Å². The van der Waals surface area contributed by atoms with Gasteiger partial charge in [0.1, 0.15) is 0 Å². The van der Waals surface area contributed by atoms with E-state index in [0.29, 0.717) is 0 Å². The Morgan fingerprint density at radius 1 is 0.929 bits per heavy atom. The standard InChI is InChI=1S/C14H20/c1-3-7-13-9-5-11-14(8-4-2)12-6-10-13/h3-4,9,12H,1-2,5-8,10-11H2. The van der Waals surface area contributed by atoms with Crippen LogP contribution in [-0.4, -0.2) is 0 Å². The molecule has 0 aromatic heterocycles. The molecule has 0 saturated heterocycles. The quantitative estimate of drug-likeness (QED) is 0.567.